The van der Waals surface area contributed by atoms with Crippen molar-refractivity contribution in [2.75, 3.05) is 5.84 Å². The number of hydrogen-bond donors (Lipinski definition) is 1. The fourth-order valence-corrected chi connectivity index (χ4v) is 2.37. The van der Waals surface area contributed by atoms with Gasteiger partial charge in [-0.1, -0.05) is 56.8 Å². The van der Waals surface area contributed by atoms with Gasteiger partial charge >= 0.3 is 0 Å². The van der Waals surface area contributed by atoms with Crippen molar-refractivity contribution in [1.29, 1.82) is 0 Å². The molecule has 0 unspecified atom stereocenters. The van der Waals surface area contributed by atoms with E-state index in [0.29, 0.717) is 0 Å². The second-order valence-corrected chi connectivity index (χ2v) is 6.20. The van der Waals surface area contributed by atoms with Crippen LogP contribution >= 0.6 is 11.8 Å². The van der Waals surface area contributed by atoms with E-state index in [0.717, 1.165) is 10.9 Å². The van der Waals surface area contributed by atoms with Crippen LogP contribution in [0.25, 0.3) is 0 Å². The molecule has 2 N–H and O–H groups in total. The molecular weight excluding hydrogens is 244 g/mol. The first-order valence-electron chi connectivity index (χ1n) is 5.84. The maximum Gasteiger partial charge on any atom is 0.209 e. The first kappa shape index (κ1) is 13.0. The van der Waals surface area contributed by atoms with E-state index >= 15 is 0 Å². The molecule has 0 spiro atoms. The zero-order valence-electron chi connectivity index (χ0n) is 10.9. The monoisotopic (exact) mass is 262 g/mol. The van der Waals surface area contributed by atoms with Gasteiger partial charge in [-0.25, -0.2) is 4.68 Å². The van der Waals surface area contributed by atoms with Crippen LogP contribution in [0.2, 0.25) is 0 Å². The van der Waals surface area contributed by atoms with Crippen molar-refractivity contribution in [3.8, 4) is 0 Å². The molecule has 0 amide bonds. The highest BCUT2D eigenvalue weighted by Gasteiger charge is 2.12. The summed E-state index contributed by atoms with van der Waals surface area (Å²) >= 11 is 1.58. The Hall–Kier alpha value is -1.49. The van der Waals surface area contributed by atoms with Crippen molar-refractivity contribution >= 4 is 11.8 Å². The van der Waals surface area contributed by atoms with Gasteiger partial charge < -0.3 is 5.84 Å². The molecule has 0 aliphatic carbocycles. The van der Waals surface area contributed by atoms with Crippen LogP contribution < -0.4 is 5.84 Å². The summed E-state index contributed by atoms with van der Waals surface area (Å²) in [6.07, 6.45) is 1.50. The molecule has 5 heteroatoms. The minimum Gasteiger partial charge on any atom is -0.336 e. The number of benzene rings is 1. The zero-order valence-corrected chi connectivity index (χ0v) is 11.7. The highest BCUT2D eigenvalue weighted by molar-refractivity contribution is 7.98. The SMILES string of the molecule is CC(C)(C)c1ccc(CSc2nncn2N)cc1. The van der Waals surface area contributed by atoms with Crippen LogP contribution in [-0.2, 0) is 11.2 Å². The molecule has 0 fully saturated rings. The summed E-state index contributed by atoms with van der Waals surface area (Å²) in [7, 11) is 0. The van der Waals surface area contributed by atoms with Crippen molar-refractivity contribution < 1.29 is 0 Å². The molecular formula is C13H18N4S. The minimum atomic E-state index is 0.198. The molecule has 2 aromatic rings. The largest absolute Gasteiger partial charge is 0.336 e. The van der Waals surface area contributed by atoms with Gasteiger partial charge in [-0.2, -0.15) is 0 Å². The second-order valence-electron chi connectivity index (χ2n) is 5.26. The van der Waals surface area contributed by atoms with E-state index in [1.54, 1.807) is 11.8 Å². The average Bonchev–Trinajstić information content (AvgIpc) is 2.72. The third-order valence-corrected chi connectivity index (χ3v) is 3.76. The third-order valence-electron chi connectivity index (χ3n) is 2.73. The molecule has 0 saturated heterocycles. The van der Waals surface area contributed by atoms with Gasteiger partial charge in [0.15, 0.2) is 0 Å². The molecule has 96 valence electrons. The van der Waals surface area contributed by atoms with E-state index in [1.165, 1.54) is 22.1 Å². The standard InChI is InChI=1S/C13H18N4S/c1-13(2,3)11-6-4-10(5-7-11)8-18-12-16-15-9-17(12)14/h4-7,9H,8,14H2,1-3H3. The summed E-state index contributed by atoms with van der Waals surface area (Å²) < 4.78 is 1.44. The van der Waals surface area contributed by atoms with Crippen LogP contribution in [0.3, 0.4) is 0 Å². The predicted octanol–water partition coefficient (Wildman–Crippen LogP) is 2.58. The molecule has 2 rings (SSSR count). The quantitative estimate of drug-likeness (QED) is 0.682. The zero-order chi connectivity index (χ0) is 13.2. The summed E-state index contributed by atoms with van der Waals surface area (Å²) in [5.74, 6) is 6.50. The highest BCUT2D eigenvalue weighted by atomic mass is 32.2. The van der Waals surface area contributed by atoms with Gasteiger partial charge in [0.25, 0.3) is 0 Å². The maximum absolute atomic E-state index is 5.66. The maximum atomic E-state index is 5.66. The van der Waals surface area contributed by atoms with Gasteiger partial charge in [0.1, 0.15) is 6.33 Å². The van der Waals surface area contributed by atoms with E-state index < -0.39 is 0 Å². The lowest BCUT2D eigenvalue weighted by Crippen LogP contribution is -2.10. The first-order valence-corrected chi connectivity index (χ1v) is 6.83. The summed E-state index contributed by atoms with van der Waals surface area (Å²) in [4.78, 5) is 0. The predicted molar refractivity (Wildman–Crippen MR) is 74.9 cm³/mol. The van der Waals surface area contributed by atoms with E-state index in [2.05, 4.69) is 55.2 Å². The summed E-state index contributed by atoms with van der Waals surface area (Å²) in [6.45, 7) is 6.65. The van der Waals surface area contributed by atoms with Crippen LogP contribution in [-0.4, -0.2) is 14.9 Å². The smallest absolute Gasteiger partial charge is 0.209 e. The van der Waals surface area contributed by atoms with Gasteiger partial charge in [-0.15, -0.1) is 10.2 Å². The fourth-order valence-electron chi connectivity index (χ4n) is 1.58. The Bertz CT molecular complexity index is 511. The topological polar surface area (TPSA) is 56.7 Å². The molecule has 0 atom stereocenters. The lowest BCUT2D eigenvalue weighted by Gasteiger charge is -2.19. The Labute approximate surface area is 112 Å². The Morgan fingerprint density at radius 3 is 2.39 bits per heavy atom. The van der Waals surface area contributed by atoms with Crippen LogP contribution in [0.5, 0.6) is 0 Å². The van der Waals surface area contributed by atoms with E-state index in [4.69, 9.17) is 5.84 Å². The Morgan fingerprint density at radius 2 is 1.89 bits per heavy atom. The van der Waals surface area contributed by atoms with E-state index in [1.807, 2.05) is 0 Å². The normalized spacial score (nSPS) is 11.7. The van der Waals surface area contributed by atoms with Gasteiger partial charge in [0.2, 0.25) is 5.16 Å². The van der Waals surface area contributed by atoms with Gasteiger partial charge in [0, 0.05) is 5.75 Å². The van der Waals surface area contributed by atoms with Crippen LogP contribution in [0, 0.1) is 0 Å². The third kappa shape index (κ3) is 3.04. The number of nitrogen functional groups attached to an aromatic ring is 1. The fraction of sp³-hybridized carbons (Fsp3) is 0.385. The molecule has 0 radical (unpaired) electrons. The molecule has 0 aliphatic heterocycles. The summed E-state index contributed by atoms with van der Waals surface area (Å²) in [6, 6.07) is 8.68. The Morgan fingerprint density at radius 1 is 1.22 bits per heavy atom. The molecule has 0 aliphatic rings. The van der Waals surface area contributed by atoms with Crippen molar-refractivity contribution in [3.63, 3.8) is 0 Å². The number of hydrogen-bond acceptors (Lipinski definition) is 4. The molecule has 4 nitrogen and oxygen atoms in total. The number of nitrogens with zero attached hydrogens (tertiary/aromatic N) is 3. The summed E-state index contributed by atoms with van der Waals surface area (Å²) in [5.41, 5.74) is 2.80. The average molecular weight is 262 g/mol. The molecule has 0 saturated carbocycles. The van der Waals surface area contributed by atoms with Crippen LogP contribution in [0.1, 0.15) is 31.9 Å². The Balaban J connectivity index is 2.01. The number of thioether (sulfide) groups is 1. The highest BCUT2D eigenvalue weighted by Crippen LogP contribution is 2.24. The van der Waals surface area contributed by atoms with Crippen molar-refractivity contribution in [2.24, 2.45) is 0 Å². The van der Waals surface area contributed by atoms with Gasteiger partial charge in [0.05, 0.1) is 0 Å². The van der Waals surface area contributed by atoms with Gasteiger partial charge in [-0.3, -0.25) is 0 Å². The number of nitrogens with two attached hydrogens (primary N) is 1. The number of aromatic nitrogens is 3. The van der Waals surface area contributed by atoms with Crippen LogP contribution in [0.4, 0.5) is 0 Å². The lowest BCUT2D eigenvalue weighted by atomic mass is 9.87. The lowest BCUT2D eigenvalue weighted by molar-refractivity contribution is 0.590. The van der Waals surface area contributed by atoms with Crippen LogP contribution in [0.15, 0.2) is 35.7 Å². The second kappa shape index (κ2) is 5.02. The Kier molecular flexibility index (Phi) is 3.61. The minimum absolute atomic E-state index is 0.198. The number of rotatable bonds is 3. The van der Waals surface area contributed by atoms with E-state index in [-0.39, 0.29) is 5.41 Å². The molecule has 0 bridgehead atoms. The molecule has 1 heterocycles. The molecule has 1 aromatic heterocycles. The van der Waals surface area contributed by atoms with Gasteiger partial charge in [-0.05, 0) is 16.5 Å². The molecule has 1 aromatic carbocycles. The van der Waals surface area contributed by atoms with Crippen molar-refractivity contribution in [2.45, 2.75) is 37.1 Å². The molecule has 18 heavy (non-hydrogen) atoms. The first-order chi connectivity index (χ1) is 8.47. The van der Waals surface area contributed by atoms with Crippen molar-refractivity contribution in [1.82, 2.24) is 14.9 Å². The summed E-state index contributed by atoms with van der Waals surface area (Å²) in [5, 5.41) is 8.42. The van der Waals surface area contributed by atoms with Crippen molar-refractivity contribution in [3.05, 3.63) is 41.7 Å². The van der Waals surface area contributed by atoms with E-state index in [9.17, 15) is 0 Å².